The van der Waals surface area contributed by atoms with Crippen LogP contribution in [0.15, 0.2) is 42.5 Å². The average molecular weight is 440 g/mol. The zero-order valence-corrected chi connectivity index (χ0v) is 16.1. The molecule has 0 atom stereocenters. The first-order valence-electron chi connectivity index (χ1n) is 7.41. The minimum Gasteiger partial charge on any atom is -0.491 e. The van der Waals surface area contributed by atoms with Crippen LogP contribution in [-0.2, 0) is 6.42 Å². The monoisotopic (exact) mass is 440 g/mol. The quantitative estimate of drug-likeness (QED) is 0.401. The molecule has 0 spiro atoms. The largest absolute Gasteiger partial charge is 0.491 e. The molecule has 0 unspecified atom stereocenters. The van der Waals surface area contributed by atoms with Gasteiger partial charge >= 0.3 is 0 Å². The Bertz CT molecular complexity index is 702. The first kappa shape index (κ1) is 18.2. The van der Waals surface area contributed by atoms with E-state index in [0.29, 0.717) is 11.3 Å². The number of benzene rings is 2. The van der Waals surface area contributed by atoms with Gasteiger partial charge in [-0.15, -0.1) is 0 Å². The smallest absolute Gasteiger partial charge is 0.131 e. The van der Waals surface area contributed by atoms with Crippen molar-refractivity contribution < 1.29 is 9.13 Å². The number of hydrogen-bond donors (Lipinski definition) is 0. The van der Waals surface area contributed by atoms with Crippen molar-refractivity contribution in [3.8, 4) is 28.0 Å². The zero-order chi connectivity index (χ0) is 16.7. The maximum absolute atomic E-state index is 14.1. The Morgan fingerprint density at radius 2 is 1.91 bits per heavy atom. The third-order valence-corrected chi connectivity index (χ3v) is 4.11. The molecule has 1 nitrogen and oxygen atoms in total. The highest BCUT2D eigenvalue weighted by Gasteiger charge is 2.08. The maximum Gasteiger partial charge on any atom is 0.131 e. The third kappa shape index (κ3) is 5.74. The van der Waals surface area contributed by atoms with E-state index in [0.717, 1.165) is 18.4 Å². The van der Waals surface area contributed by atoms with E-state index in [2.05, 4.69) is 32.4 Å². The van der Waals surface area contributed by atoms with Gasteiger partial charge in [-0.3, -0.25) is 0 Å². The zero-order valence-electron chi connectivity index (χ0n) is 13.1. The third-order valence-electron chi connectivity index (χ3n) is 3.22. The summed E-state index contributed by atoms with van der Waals surface area (Å²) in [4.78, 5) is 0. The number of aryl methyl sites for hydroxylation is 1. The van der Waals surface area contributed by atoms with E-state index in [4.69, 9.17) is 4.74 Å². The van der Waals surface area contributed by atoms with Gasteiger partial charge in [0.2, 0.25) is 0 Å². The summed E-state index contributed by atoms with van der Waals surface area (Å²) in [6, 6.07) is 12.8. The molecule has 0 heterocycles. The first-order chi connectivity index (χ1) is 11.1. The summed E-state index contributed by atoms with van der Waals surface area (Å²) in [5, 5.41) is 2.97. The summed E-state index contributed by atoms with van der Waals surface area (Å²) in [5.74, 6) is 3.54. The Hall–Kier alpha value is -1.19. The van der Waals surface area contributed by atoms with E-state index in [-0.39, 0.29) is 11.9 Å². The molecule has 2 rings (SSSR count). The fraction of sp³-hybridized carbons (Fsp3) is 0.263. The van der Waals surface area contributed by atoms with Crippen LogP contribution in [0.1, 0.15) is 25.8 Å². The van der Waals surface area contributed by atoms with Crippen molar-refractivity contribution in [2.45, 2.75) is 32.8 Å². The molecule has 120 valence electrons. The van der Waals surface area contributed by atoms with E-state index >= 15 is 0 Å². The number of hydrogen-bond acceptors (Lipinski definition) is 2. The number of halogens is 2. The molecule has 0 aliphatic heterocycles. The second-order valence-electron chi connectivity index (χ2n) is 5.36. The van der Waals surface area contributed by atoms with Crippen molar-refractivity contribution in [1.29, 1.82) is 0 Å². The van der Waals surface area contributed by atoms with Gasteiger partial charge in [-0.25, -0.2) is 4.39 Å². The molecule has 0 saturated carbocycles. The fourth-order valence-electron chi connectivity index (χ4n) is 2.21. The molecule has 0 aliphatic rings. The summed E-state index contributed by atoms with van der Waals surface area (Å²) in [5.41, 5.74) is 2.63. The van der Waals surface area contributed by atoms with Crippen LogP contribution in [0.25, 0.3) is 11.1 Å². The van der Waals surface area contributed by atoms with Crippen LogP contribution in [0.2, 0.25) is 0 Å². The van der Waals surface area contributed by atoms with Gasteiger partial charge < -0.3 is 4.74 Å². The second kappa shape index (κ2) is 9.19. The summed E-state index contributed by atoms with van der Waals surface area (Å²) in [6.45, 7) is 3.91. The van der Waals surface area contributed by atoms with Crippen LogP contribution in [0.4, 0.5) is 4.39 Å². The lowest BCUT2D eigenvalue weighted by molar-refractivity contribution is 0.242. The van der Waals surface area contributed by atoms with Crippen molar-refractivity contribution in [3.63, 3.8) is 0 Å². The fourth-order valence-corrected chi connectivity index (χ4v) is 2.83. The lowest BCUT2D eigenvalue weighted by Crippen LogP contribution is -2.05. The Morgan fingerprint density at radius 1 is 1.17 bits per heavy atom. The molecule has 0 saturated heterocycles. The van der Waals surface area contributed by atoms with Crippen molar-refractivity contribution in [3.05, 3.63) is 53.8 Å². The molecular weight excluding hydrogens is 422 g/mol. The van der Waals surface area contributed by atoms with Crippen molar-refractivity contribution >= 4 is 30.1 Å². The van der Waals surface area contributed by atoms with Crippen molar-refractivity contribution in [2.24, 2.45) is 0 Å². The standard InChI is InChI=1S/C19H18FIOS/c1-14(2)22-17-10-11-19(20)18(13-17)16-8-6-15(7-9-16)5-3-4-12-23-21/h6-11,13-14H,3,5H2,1-2H3. The number of rotatable bonds is 5. The van der Waals surface area contributed by atoms with Gasteiger partial charge in [0, 0.05) is 33.2 Å². The van der Waals surface area contributed by atoms with Gasteiger partial charge in [0.25, 0.3) is 0 Å². The normalized spacial score (nSPS) is 10.3. The van der Waals surface area contributed by atoms with Crippen LogP contribution in [-0.4, -0.2) is 6.10 Å². The first-order valence-corrected chi connectivity index (χ1v) is 10.8. The highest BCUT2D eigenvalue weighted by molar-refractivity contribution is 14.2. The summed E-state index contributed by atoms with van der Waals surface area (Å²) in [6.07, 6.45) is 1.81. The van der Waals surface area contributed by atoms with Gasteiger partial charge in [-0.1, -0.05) is 30.2 Å². The molecule has 0 radical (unpaired) electrons. The molecular formula is C19H18FIOS. The minimum absolute atomic E-state index is 0.0671. The van der Waals surface area contributed by atoms with Crippen LogP contribution in [0.5, 0.6) is 5.75 Å². The lowest BCUT2D eigenvalue weighted by atomic mass is 10.0. The molecule has 0 fully saturated rings. The second-order valence-corrected chi connectivity index (χ2v) is 7.04. The Kier molecular flexibility index (Phi) is 7.25. The molecule has 0 N–H and O–H groups in total. The van der Waals surface area contributed by atoms with Crippen LogP contribution in [0, 0.1) is 17.0 Å². The Labute approximate surface area is 153 Å². The molecule has 4 heteroatoms. The Morgan fingerprint density at radius 3 is 2.57 bits per heavy atom. The highest BCUT2D eigenvalue weighted by Crippen LogP contribution is 2.28. The lowest BCUT2D eigenvalue weighted by Gasteiger charge is -2.12. The average Bonchev–Trinajstić information content (AvgIpc) is 2.54. The van der Waals surface area contributed by atoms with Crippen LogP contribution >= 0.6 is 30.1 Å². The van der Waals surface area contributed by atoms with Crippen molar-refractivity contribution in [1.82, 2.24) is 0 Å². The number of ether oxygens (including phenoxy) is 1. The molecule has 2 aromatic rings. The van der Waals surface area contributed by atoms with Crippen LogP contribution in [0.3, 0.4) is 0 Å². The predicted octanol–water partition coefficient (Wildman–Crippen LogP) is 6.26. The van der Waals surface area contributed by atoms with Gasteiger partial charge in [0.1, 0.15) is 11.6 Å². The molecule has 0 aromatic heterocycles. The Balaban J connectivity index is 2.15. The molecule has 23 heavy (non-hydrogen) atoms. The highest BCUT2D eigenvalue weighted by atomic mass is 127. The topological polar surface area (TPSA) is 9.23 Å². The van der Waals surface area contributed by atoms with Gasteiger partial charge in [0.05, 0.1) is 6.10 Å². The van der Waals surface area contributed by atoms with Gasteiger partial charge in [-0.05, 0) is 63.8 Å². The summed E-state index contributed by atoms with van der Waals surface area (Å²) >= 11 is 2.16. The SMILES string of the molecule is CC(C)Oc1ccc(F)c(-c2ccc(CCC#CSI)cc2)c1. The summed E-state index contributed by atoms with van der Waals surface area (Å²) < 4.78 is 19.8. The van der Waals surface area contributed by atoms with E-state index in [1.807, 2.05) is 38.1 Å². The minimum atomic E-state index is -0.237. The molecule has 0 bridgehead atoms. The molecule has 0 amide bonds. The van der Waals surface area contributed by atoms with Gasteiger partial charge in [-0.2, -0.15) is 0 Å². The molecule has 0 aliphatic carbocycles. The van der Waals surface area contributed by atoms with E-state index in [1.165, 1.54) is 20.6 Å². The van der Waals surface area contributed by atoms with E-state index in [1.54, 1.807) is 12.1 Å². The maximum atomic E-state index is 14.1. The van der Waals surface area contributed by atoms with Gasteiger partial charge in [0.15, 0.2) is 0 Å². The van der Waals surface area contributed by atoms with E-state index < -0.39 is 0 Å². The summed E-state index contributed by atoms with van der Waals surface area (Å²) in [7, 11) is 1.50. The predicted molar refractivity (Wildman–Crippen MR) is 105 cm³/mol. The van der Waals surface area contributed by atoms with Crippen LogP contribution < -0.4 is 4.74 Å². The van der Waals surface area contributed by atoms with Crippen molar-refractivity contribution in [2.75, 3.05) is 0 Å². The van der Waals surface area contributed by atoms with E-state index in [9.17, 15) is 4.39 Å². The molecule has 2 aromatic carbocycles.